The Balaban J connectivity index is 1.69. The predicted molar refractivity (Wildman–Crippen MR) is 119 cm³/mol. The molecule has 2 aliphatic rings. The molecule has 0 saturated heterocycles. The Morgan fingerprint density at radius 2 is 2.00 bits per heavy atom. The van der Waals surface area contributed by atoms with E-state index in [1.54, 1.807) is 24.5 Å². The lowest BCUT2D eigenvalue weighted by molar-refractivity contribution is -0.139. The molecule has 0 unspecified atom stereocenters. The number of carbonyl (C=O) groups is 1. The molecule has 0 radical (unpaired) electrons. The minimum Gasteiger partial charge on any atom is -0.463 e. The van der Waals surface area contributed by atoms with Crippen LogP contribution in [-0.2, 0) is 9.53 Å². The van der Waals surface area contributed by atoms with Gasteiger partial charge in [-0.1, -0.05) is 47.7 Å². The van der Waals surface area contributed by atoms with Gasteiger partial charge in [-0.25, -0.2) is 9.79 Å². The van der Waals surface area contributed by atoms with E-state index in [0.29, 0.717) is 32.1 Å². The van der Waals surface area contributed by atoms with Gasteiger partial charge in [0.25, 0.3) is 5.56 Å². The number of hydrogen-bond donors (Lipinski definition) is 0. The van der Waals surface area contributed by atoms with Crippen LogP contribution in [0.2, 0.25) is 0 Å². The van der Waals surface area contributed by atoms with Crippen molar-refractivity contribution in [2.24, 2.45) is 4.99 Å². The molecule has 1 atom stereocenters. The minimum atomic E-state index is -0.606. The van der Waals surface area contributed by atoms with Crippen LogP contribution in [0.25, 0.3) is 6.08 Å². The Kier molecular flexibility index (Phi) is 5.14. The summed E-state index contributed by atoms with van der Waals surface area (Å²) in [6.45, 7) is 3.96. The Morgan fingerprint density at radius 1 is 1.22 bits per heavy atom. The van der Waals surface area contributed by atoms with Gasteiger partial charge < -0.3 is 14.2 Å². The number of carbonyl (C=O) groups excluding carboxylic acids is 1. The Hall–Kier alpha value is -3.65. The number of nitrogens with zero attached hydrogens (tertiary/aromatic N) is 2. The lowest BCUT2D eigenvalue weighted by Gasteiger charge is -2.24. The molecular weight excluding hydrogens is 428 g/mol. The predicted octanol–water partition coefficient (Wildman–Crippen LogP) is 2.53. The molecule has 162 valence electrons. The van der Waals surface area contributed by atoms with Crippen LogP contribution in [-0.4, -0.2) is 23.9 Å². The molecule has 2 aromatic carbocycles. The fraction of sp³-hybridized carbons (Fsp3) is 0.208. The van der Waals surface area contributed by atoms with Gasteiger partial charge in [-0.05, 0) is 43.2 Å². The second-order valence-electron chi connectivity index (χ2n) is 7.33. The second kappa shape index (κ2) is 8.12. The van der Waals surface area contributed by atoms with Crippen LogP contribution >= 0.6 is 11.3 Å². The van der Waals surface area contributed by atoms with Crippen LogP contribution in [0.5, 0.6) is 11.5 Å². The van der Waals surface area contributed by atoms with Crippen molar-refractivity contribution in [1.29, 1.82) is 0 Å². The largest absolute Gasteiger partial charge is 0.463 e. The van der Waals surface area contributed by atoms with Gasteiger partial charge in [0.15, 0.2) is 16.3 Å². The quantitative estimate of drug-likeness (QED) is 0.573. The highest BCUT2D eigenvalue weighted by atomic mass is 32.1. The number of aromatic nitrogens is 1. The average Bonchev–Trinajstić information content (AvgIpc) is 3.37. The molecule has 32 heavy (non-hydrogen) atoms. The molecule has 1 aromatic heterocycles. The number of ether oxygens (including phenoxy) is 3. The number of fused-ring (bicyclic) bond motifs is 2. The first-order chi connectivity index (χ1) is 15.6. The van der Waals surface area contributed by atoms with Crippen molar-refractivity contribution in [3.05, 3.63) is 90.6 Å². The van der Waals surface area contributed by atoms with Crippen LogP contribution in [0.3, 0.4) is 0 Å². The van der Waals surface area contributed by atoms with Gasteiger partial charge in [0, 0.05) is 0 Å². The number of rotatable bonds is 4. The first-order valence-corrected chi connectivity index (χ1v) is 11.0. The first-order valence-electron chi connectivity index (χ1n) is 10.2. The zero-order valence-corrected chi connectivity index (χ0v) is 18.3. The van der Waals surface area contributed by atoms with Crippen LogP contribution in [0.15, 0.2) is 69.6 Å². The summed E-state index contributed by atoms with van der Waals surface area (Å²) in [4.78, 5) is 31.5. The van der Waals surface area contributed by atoms with Crippen LogP contribution in [0.4, 0.5) is 0 Å². The molecule has 0 N–H and O–H groups in total. The fourth-order valence-electron chi connectivity index (χ4n) is 3.90. The average molecular weight is 449 g/mol. The summed E-state index contributed by atoms with van der Waals surface area (Å²) in [6, 6.07) is 14.4. The molecule has 5 rings (SSSR count). The Bertz CT molecular complexity index is 1420. The van der Waals surface area contributed by atoms with E-state index in [1.165, 1.54) is 11.3 Å². The van der Waals surface area contributed by atoms with E-state index in [-0.39, 0.29) is 19.0 Å². The van der Waals surface area contributed by atoms with Gasteiger partial charge in [0.1, 0.15) is 0 Å². The maximum absolute atomic E-state index is 13.5. The summed E-state index contributed by atoms with van der Waals surface area (Å²) in [5.41, 5.74) is 2.35. The third-order valence-corrected chi connectivity index (χ3v) is 6.31. The summed E-state index contributed by atoms with van der Waals surface area (Å²) < 4.78 is 18.2. The van der Waals surface area contributed by atoms with E-state index in [1.807, 2.05) is 48.5 Å². The Morgan fingerprint density at radius 3 is 2.78 bits per heavy atom. The SMILES string of the molecule is CCOC(=O)C1=C(C)N=c2s/c(=C\c3ccc4c(c3)OCO4)c(=O)n2[C@@H]1c1ccccc1. The lowest BCUT2D eigenvalue weighted by Crippen LogP contribution is -2.39. The molecule has 0 aliphatic carbocycles. The third kappa shape index (κ3) is 3.42. The van der Waals surface area contributed by atoms with E-state index in [2.05, 4.69) is 4.99 Å². The van der Waals surface area contributed by atoms with Crippen molar-refractivity contribution in [2.75, 3.05) is 13.4 Å². The molecule has 7 nitrogen and oxygen atoms in total. The summed E-state index contributed by atoms with van der Waals surface area (Å²) in [6.07, 6.45) is 1.80. The van der Waals surface area contributed by atoms with Gasteiger partial charge in [-0.3, -0.25) is 9.36 Å². The van der Waals surface area contributed by atoms with Gasteiger partial charge in [0.05, 0.1) is 28.5 Å². The summed E-state index contributed by atoms with van der Waals surface area (Å²) >= 11 is 1.29. The maximum atomic E-state index is 13.5. The molecule has 8 heteroatoms. The van der Waals surface area contributed by atoms with Gasteiger partial charge in [0.2, 0.25) is 6.79 Å². The van der Waals surface area contributed by atoms with E-state index < -0.39 is 12.0 Å². The normalized spacial score (nSPS) is 17.2. The molecule has 3 aromatic rings. The molecule has 0 saturated carbocycles. The zero-order valence-electron chi connectivity index (χ0n) is 17.5. The molecule has 0 amide bonds. The summed E-state index contributed by atoms with van der Waals surface area (Å²) in [7, 11) is 0. The topological polar surface area (TPSA) is 79.1 Å². The van der Waals surface area contributed by atoms with Crippen molar-refractivity contribution in [2.45, 2.75) is 19.9 Å². The zero-order chi connectivity index (χ0) is 22.2. The highest BCUT2D eigenvalue weighted by molar-refractivity contribution is 7.07. The standard InChI is InChI=1S/C24H20N2O5S/c1-3-29-23(28)20-14(2)25-24-26(21(20)16-7-5-4-6-8-16)22(27)19(32-24)12-15-9-10-17-18(11-15)31-13-30-17/h4-12,21H,3,13H2,1-2H3/b19-12-/t21-/m1/s1. The fourth-order valence-corrected chi connectivity index (χ4v) is 4.94. The molecule has 3 heterocycles. The van der Waals surface area contributed by atoms with Crippen molar-refractivity contribution in [1.82, 2.24) is 4.57 Å². The second-order valence-corrected chi connectivity index (χ2v) is 8.33. The smallest absolute Gasteiger partial charge is 0.338 e. The number of esters is 1. The van der Waals surface area contributed by atoms with Gasteiger partial charge >= 0.3 is 5.97 Å². The monoisotopic (exact) mass is 448 g/mol. The highest BCUT2D eigenvalue weighted by Gasteiger charge is 2.33. The molecular formula is C24H20N2O5S. The lowest BCUT2D eigenvalue weighted by atomic mass is 9.96. The van der Waals surface area contributed by atoms with Crippen LogP contribution < -0.4 is 24.4 Å². The summed E-state index contributed by atoms with van der Waals surface area (Å²) in [5.74, 6) is 0.865. The van der Waals surface area contributed by atoms with Crippen molar-refractivity contribution in [3.8, 4) is 11.5 Å². The van der Waals surface area contributed by atoms with E-state index in [9.17, 15) is 9.59 Å². The Labute approximate surface area is 187 Å². The number of thiazole rings is 1. The van der Waals surface area contributed by atoms with Crippen molar-refractivity contribution in [3.63, 3.8) is 0 Å². The molecule has 2 aliphatic heterocycles. The van der Waals surface area contributed by atoms with E-state index in [4.69, 9.17) is 14.2 Å². The number of hydrogen-bond acceptors (Lipinski definition) is 7. The van der Waals surface area contributed by atoms with Crippen LogP contribution in [0.1, 0.15) is 31.0 Å². The van der Waals surface area contributed by atoms with E-state index >= 15 is 0 Å². The van der Waals surface area contributed by atoms with Crippen LogP contribution in [0, 0.1) is 0 Å². The van der Waals surface area contributed by atoms with E-state index in [0.717, 1.165) is 11.1 Å². The van der Waals surface area contributed by atoms with Gasteiger partial charge in [-0.15, -0.1) is 0 Å². The third-order valence-electron chi connectivity index (χ3n) is 5.33. The highest BCUT2D eigenvalue weighted by Crippen LogP contribution is 2.33. The number of allylic oxidation sites excluding steroid dienone is 1. The minimum absolute atomic E-state index is 0.188. The van der Waals surface area contributed by atoms with Crippen molar-refractivity contribution < 1.29 is 19.0 Å². The van der Waals surface area contributed by atoms with Crippen molar-refractivity contribution >= 4 is 23.4 Å². The molecule has 0 bridgehead atoms. The maximum Gasteiger partial charge on any atom is 0.338 e. The van der Waals surface area contributed by atoms with Gasteiger partial charge in [-0.2, -0.15) is 0 Å². The molecule has 0 spiro atoms. The first kappa shape index (κ1) is 20.3. The number of benzene rings is 2. The molecule has 0 fully saturated rings. The summed E-state index contributed by atoms with van der Waals surface area (Å²) in [5, 5.41) is 0.